The molecule has 0 aromatic carbocycles. The zero-order valence-corrected chi connectivity index (χ0v) is 50.5. The maximum atomic E-state index is 12.9. The van der Waals surface area contributed by atoms with Crippen LogP contribution in [0.2, 0.25) is 0 Å². The van der Waals surface area contributed by atoms with Crippen molar-refractivity contribution in [3.8, 4) is 0 Å². The fourth-order valence-corrected chi connectivity index (χ4v) is 9.53. The number of rotatable bonds is 60. The highest BCUT2D eigenvalue weighted by molar-refractivity contribution is 5.71. The van der Waals surface area contributed by atoms with Gasteiger partial charge in [-0.05, 0) is 89.9 Å². The maximum absolute atomic E-state index is 12.9. The molecule has 0 spiro atoms. The topological polar surface area (TPSA) is 78.9 Å². The van der Waals surface area contributed by atoms with Gasteiger partial charge in [-0.1, -0.05) is 299 Å². The summed E-state index contributed by atoms with van der Waals surface area (Å²) in [5.74, 6) is -0.925. The number of carbonyl (C=O) groups excluding carboxylic acids is 3. The zero-order chi connectivity index (χ0) is 55.0. The van der Waals surface area contributed by atoms with Crippen molar-refractivity contribution in [3.63, 3.8) is 0 Å². The molecule has 0 heterocycles. The van der Waals surface area contributed by atoms with E-state index in [-0.39, 0.29) is 31.1 Å². The number of unbranched alkanes of at least 4 members (excludes halogenated alkanes) is 37. The van der Waals surface area contributed by atoms with E-state index in [2.05, 4.69) is 93.7 Å². The van der Waals surface area contributed by atoms with Crippen molar-refractivity contribution < 1.29 is 28.6 Å². The van der Waals surface area contributed by atoms with Crippen LogP contribution in [0, 0.1) is 0 Å². The predicted octanol–water partition coefficient (Wildman–Crippen LogP) is 22.5. The Bertz CT molecular complexity index is 1400. The van der Waals surface area contributed by atoms with Crippen molar-refractivity contribution in [2.75, 3.05) is 13.2 Å². The molecule has 0 radical (unpaired) electrons. The summed E-state index contributed by atoms with van der Waals surface area (Å²) < 4.78 is 16.9. The summed E-state index contributed by atoms with van der Waals surface area (Å²) in [4.78, 5) is 38.3. The van der Waals surface area contributed by atoms with Crippen LogP contribution in [0.1, 0.15) is 335 Å². The van der Waals surface area contributed by atoms with Crippen molar-refractivity contribution in [1.82, 2.24) is 0 Å². The van der Waals surface area contributed by atoms with Gasteiger partial charge in [0.2, 0.25) is 0 Å². The minimum atomic E-state index is -0.797. The van der Waals surface area contributed by atoms with Crippen LogP contribution in [0.15, 0.2) is 72.9 Å². The monoisotopic (exact) mass is 1060 g/mol. The van der Waals surface area contributed by atoms with Crippen molar-refractivity contribution in [2.45, 2.75) is 341 Å². The van der Waals surface area contributed by atoms with Crippen LogP contribution in [0.25, 0.3) is 0 Å². The molecular weight excluding hydrogens is 937 g/mol. The van der Waals surface area contributed by atoms with Crippen molar-refractivity contribution in [3.05, 3.63) is 72.9 Å². The molecule has 1 atom stereocenters. The van der Waals surface area contributed by atoms with Crippen LogP contribution in [0.5, 0.6) is 0 Å². The third kappa shape index (κ3) is 61.7. The van der Waals surface area contributed by atoms with Crippen LogP contribution in [0.4, 0.5) is 0 Å². The fourth-order valence-electron chi connectivity index (χ4n) is 9.53. The summed E-state index contributed by atoms with van der Waals surface area (Å²) in [6.07, 6.45) is 83.5. The SMILES string of the molecule is CC/C=C\C/C=C\C/C=C\C/C=C\CCCCC(=O)OCC(COC(=O)CCCCCCCCCCCCCCCCCCCCCCCCCCCC)OC(=O)CCCCCCCCC/C=C\C/C=C\CCCCC. The third-order valence-corrected chi connectivity index (χ3v) is 14.4. The van der Waals surface area contributed by atoms with E-state index in [9.17, 15) is 14.4 Å². The third-order valence-electron chi connectivity index (χ3n) is 14.4. The number of allylic oxidation sites excluding steroid dienone is 12. The van der Waals surface area contributed by atoms with Gasteiger partial charge in [0.15, 0.2) is 6.10 Å². The van der Waals surface area contributed by atoms with E-state index in [1.165, 1.54) is 199 Å². The standard InChI is InChI=1S/C70H124O6/c1-4-7-10-13-16-19-22-25-28-30-31-32-33-34-35-36-37-38-40-42-45-48-51-54-57-60-63-69(72)75-66-67(65-74-68(71)62-59-56-53-50-47-44-41-27-24-21-18-15-12-9-6-3)76-70(73)64-61-58-55-52-49-46-43-39-29-26-23-20-17-14-11-8-5-2/h9,12,17-18,20-21,26-27,29,41,47,50,67H,4-8,10-11,13-16,19,22-25,28,30-40,42-46,48-49,51-66H2,1-3H3/b12-9-,20-17-,21-18-,29-26-,41-27-,50-47-. The van der Waals surface area contributed by atoms with E-state index in [1.54, 1.807) is 0 Å². The minimum Gasteiger partial charge on any atom is -0.462 e. The van der Waals surface area contributed by atoms with Gasteiger partial charge in [0, 0.05) is 19.3 Å². The van der Waals surface area contributed by atoms with Crippen molar-refractivity contribution in [2.24, 2.45) is 0 Å². The molecular formula is C70H124O6. The lowest BCUT2D eigenvalue weighted by Gasteiger charge is -2.18. The average molecular weight is 1060 g/mol. The van der Waals surface area contributed by atoms with Crippen LogP contribution in [-0.2, 0) is 28.6 Å². The Labute approximate surface area is 472 Å². The summed E-state index contributed by atoms with van der Waals surface area (Å²) in [6, 6.07) is 0. The molecule has 0 amide bonds. The molecule has 0 aliphatic carbocycles. The van der Waals surface area contributed by atoms with E-state index in [0.29, 0.717) is 19.3 Å². The van der Waals surface area contributed by atoms with Crippen molar-refractivity contribution in [1.29, 1.82) is 0 Å². The Morgan fingerprint density at radius 3 is 0.855 bits per heavy atom. The van der Waals surface area contributed by atoms with Gasteiger partial charge in [0.05, 0.1) is 0 Å². The lowest BCUT2D eigenvalue weighted by Crippen LogP contribution is -2.30. The lowest BCUT2D eigenvalue weighted by molar-refractivity contribution is -0.167. The first-order chi connectivity index (χ1) is 37.5. The minimum absolute atomic E-state index is 0.0892. The molecule has 0 N–H and O–H groups in total. The second-order valence-electron chi connectivity index (χ2n) is 22.0. The van der Waals surface area contributed by atoms with Gasteiger partial charge in [-0.2, -0.15) is 0 Å². The Morgan fingerprint density at radius 1 is 0.276 bits per heavy atom. The molecule has 0 fully saturated rings. The van der Waals surface area contributed by atoms with Gasteiger partial charge >= 0.3 is 17.9 Å². The van der Waals surface area contributed by atoms with Gasteiger partial charge in [-0.3, -0.25) is 14.4 Å². The summed E-state index contributed by atoms with van der Waals surface area (Å²) >= 11 is 0. The molecule has 1 unspecified atom stereocenters. The summed E-state index contributed by atoms with van der Waals surface area (Å²) in [7, 11) is 0. The summed E-state index contributed by atoms with van der Waals surface area (Å²) in [5, 5.41) is 0. The van der Waals surface area contributed by atoms with E-state index in [4.69, 9.17) is 14.2 Å². The largest absolute Gasteiger partial charge is 0.462 e. The predicted molar refractivity (Wildman–Crippen MR) is 330 cm³/mol. The number of hydrogen-bond acceptors (Lipinski definition) is 6. The van der Waals surface area contributed by atoms with Gasteiger partial charge in [0.1, 0.15) is 13.2 Å². The van der Waals surface area contributed by atoms with Gasteiger partial charge in [-0.25, -0.2) is 0 Å². The number of carbonyl (C=O) groups is 3. The number of esters is 3. The molecule has 440 valence electrons. The van der Waals surface area contributed by atoms with Gasteiger partial charge in [-0.15, -0.1) is 0 Å². The number of ether oxygens (including phenoxy) is 3. The Kier molecular flexibility index (Phi) is 61.7. The average Bonchev–Trinajstić information content (AvgIpc) is 3.42. The highest BCUT2D eigenvalue weighted by Gasteiger charge is 2.19. The molecule has 0 rings (SSSR count). The Morgan fingerprint density at radius 2 is 0.513 bits per heavy atom. The molecule has 0 saturated heterocycles. The normalized spacial score (nSPS) is 12.5. The Balaban J connectivity index is 4.30. The van der Waals surface area contributed by atoms with E-state index in [1.807, 2.05) is 0 Å². The second kappa shape index (κ2) is 64.4. The highest BCUT2D eigenvalue weighted by atomic mass is 16.6. The van der Waals surface area contributed by atoms with E-state index < -0.39 is 6.10 Å². The molecule has 0 aromatic rings. The van der Waals surface area contributed by atoms with Crippen LogP contribution in [-0.4, -0.2) is 37.2 Å². The van der Waals surface area contributed by atoms with Crippen molar-refractivity contribution >= 4 is 17.9 Å². The molecule has 0 aliphatic rings. The second-order valence-corrected chi connectivity index (χ2v) is 22.0. The van der Waals surface area contributed by atoms with E-state index in [0.717, 1.165) is 96.3 Å². The van der Waals surface area contributed by atoms with Gasteiger partial charge in [0.25, 0.3) is 0 Å². The van der Waals surface area contributed by atoms with Crippen LogP contribution < -0.4 is 0 Å². The molecule has 0 aromatic heterocycles. The first-order valence-electron chi connectivity index (χ1n) is 32.9. The quantitative estimate of drug-likeness (QED) is 0.0261. The molecule has 0 bridgehead atoms. The molecule has 0 aliphatic heterocycles. The summed E-state index contributed by atoms with van der Waals surface area (Å²) in [6.45, 7) is 6.50. The number of hydrogen-bond donors (Lipinski definition) is 0. The molecule has 0 saturated carbocycles. The van der Waals surface area contributed by atoms with Gasteiger partial charge < -0.3 is 14.2 Å². The molecule has 76 heavy (non-hydrogen) atoms. The fraction of sp³-hybridized carbons (Fsp3) is 0.786. The zero-order valence-electron chi connectivity index (χ0n) is 50.5. The molecule has 6 heteroatoms. The summed E-state index contributed by atoms with van der Waals surface area (Å²) in [5.41, 5.74) is 0. The smallest absolute Gasteiger partial charge is 0.306 e. The first-order valence-corrected chi connectivity index (χ1v) is 32.9. The maximum Gasteiger partial charge on any atom is 0.306 e. The van der Waals surface area contributed by atoms with E-state index >= 15 is 0 Å². The lowest BCUT2D eigenvalue weighted by atomic mass is 10.0. The highest BCUT2D eigenvalue weighted by Crippen LogP contribution is 2.18. The first kappa shape index (κ1) is 72.8. The van der Waals surface area contributed by atoms with Crippen LogP contribution in [0.3, 0.4) is 0 Å². The molecule has 6 nitrogen and oxygen atoms in total. The Hall–Kier alpha value is -3.15. The van der Waals surface area contributed by atoms with Crippen LogP contribution >= 0.6 is 0 Å².